The zero-order valence-corrected chi connectivity index (χ0v) is 17.2. The normalized spacial score (nSPS) is 23.5. The quantitative estimate of drug-likeness (QED) is 0.686. The number of Topliss-reactive ketones (excluding diaryl/α,β-unsaturated/α-hetero) is 1. The minimum Gasteiger partial charge on any atom is -0.459 e. The molecule has 2 aliphatic rings. The minimum absolute atomic E-state index is 0.0286. The Bertz CT molecular complexity index is 895. The molecule has 0 spiro atoms. The third-order valence-electron chi connectivity index (χ3n) is 5.80. The molecule has 0 aliphatic heterocycles. The molecule has 0 N–H and O–H groups in total. The summed E-state index contributed by atoms with van der Waals surface area (Å²) in [5.41, 5.74) is 1.36. The first-order valence-corrected chi connectivity index (χ1v) is 10.9. The van der Waals surface area contributed by atoms with Crippen LogP contribution in [0.3, 0.4) is 0 Å². The van der Waals surface area contributed by atoms with Crippen molar-refractivity contribution in [2.75, 3.05) is 4.90 Å². The van der Waals surface area contributed by atoms with Crippen molar-refractivity contribution in [2.24, 2.45) is 17.8 Å². The Hall–Kier alpha value is -2.54. The van der Waals surface area contributed by atoms with Crippen LogP contribution in [-0.2, 0) is 25.7 Å². The lowest BCUT2D eigenvalue weighted by Crippen LogP contribution is -2.39. The van der Waals surface area contributed by atoms with Gasteiger partial charge >= 0.3 is 5.97 Å². The molecule has 1 aromatic carbocycles. The van der Waals surface area contributed by atoms with E-state index in [1.54, 1.807) is 10.3 Å². The number of para-hydroxylation sites is 1. The molecular formula is C22H24N2O4S. The zero-order chi connectivity index (χ0) is 20.4. The van der Waals surface area contributed by atoms with Crippen LogP contribution in [-0.4, -0.2) is 22.6 Å². The summed E-state index contributed by atoms with van der Waals surface area (Å²) in [6.45, 7) is 1.57. The van der Waals surface area contributed by atoms with E-state index in [9.17, 15) is 14.4 Å². The lowest BCUT2D eigenvalue weighted by molar-refractivity contribution is -0.154. The molecule has 4 rings (SSSR count). The van der Waals surface area contributed by atoms with Gasteiger partial charge in [-0.15, -0.1) is 11.3 Å². The number of ether oxygens (including phenoxy) is 1. The van der Waals surface area contributed by atoms with Gasteiger partial charge in [0, 0.05) is 24.1 Å². The van der Waals surface area contributed by atoms with Gasteiger partial charge in [-0.25, -0.2) is 4.98 Å². The fourth-order valence-corrected chi connectivity index (χ4v) is 5.28. The number of esters is 1. The van der Waals surface area contributed by atoms with E-state index in [0.717, 1.165) is 24.9 Å². The average Bonchev–Trinajstić information content (AvgIpc) is 3.15. The van der Waals surface area contributed by atoms with Crippen molar-refractivity contribution in [1.82, 2.24) is 4.98 Å². The molecule has 152 valence electrons. The Labute approximate surface area is 173 Å². The molecule has 1 amide bonds. The van der Waals surface area contributed by atoms with Crippen molar-refractivity contribution in [3.63, 3.8) is 0 Å². The van der Waals surface area contributed by atoms with E-state index >= 15 is 0 Å². The van der Waals surface area contributed by atoms with E-state index in [-0.39, 0.29) is 36.2 Å². The van der Waals surface area contributed by atoms with Crippen molar-refractivity contribution >= 4 is 39.8 Å². The van der Waals surface area contributed by atoms with E-state index in [4.69, 9.17) is 4.74 Å². The summed E-state index contributed by atoms with van der Waals surface area (Å²) >= 11 is 1.34. The van der Waals surface area contributed by atoms with E-state index in [1.807, 2.05) is 30.3 Å². The van der Waals surface area contributed by atoms with Gasteiger partial charge in [0.1, 0.15) is 12.4 Å². The van der Waals surface area contributed by atoms with E-state index < -0.39 is 0 Å². The highest BCUT2D eigenvalue weighted by molar-refractivity contribution is 7.14. The fourth-order valence-electron chi connectivity index (χ4n) is 4.40. The number of carbonyl (C=O) groups excluding carboxylic acids is 3. The molecule has 0 radical (unpaired) electrons. The topological polar surface area (TPSA) is 76.6 Å². The molecule has 2 fully saturated rings. The van der Waals surface area contributed by atoms with Crippen molar-refractivity contribution in [2.45, 2.75) is 45.6 Å². The first-order chi connectivity index (χ1) is 14.0. The molecule has 1 unspecified atom stereocenters. The number of benzene rings is 1. The fraction of sp³-hybridized carbons (Fsp3) is 0.455. The predicted octanol–water partition coefficient (Wildman–Crippen LogP) is 4.27. The zero-order valence-electron chi connectivity index (χ0n) is 16.4. The molecule has 6 nitrogen and oxygen atoms in total. The van der Waals surface area contributed by atoms with Gasteiger partial charge in [0.05, 0.1) is 17.3 Å². The largest absolute Gasteiger partial charge is 0.459 e. The first kappa shape index (κ1) is 19.8. The number of hydrogen-bond donors (Lipinski definition) is 0. The summed E-state index contributed by atoms with van der Waals surface area (Å²) in [7, 11) is 0. The Morgan fingerprint density at radius 1 is 1.17 bits per heavy atom. The Balaban J connectivity index is 1.39. The highest BCUT2D eigenvalue weighted by Gasteiger charge is 2.41. The highest BCUT2D eigenvalue weighted by Crippen LogP contribution is 2.40. The molecule has 3 atom stereocenters. The molecule has 7 heteroatoms. The van der Waals surface area contributed by atoms with Crippen LogP contribution in [0.25, 0.3) is 0 Å². The van der Waals surface area contributed by atoms with E-state index in [0.29, 0.717) is 29.5 Å². The van der Waals surface area contributed by atoms with Crippen molar-refractivity contribution < 1.29 is 19.1 Å². The first-order valence-electron chi connectivity index (χ1n) is 10.0. The van der Waals surface area contributed by atoms with Crippen LogP contribution >= 0.6 is 11.3 Å². The van der Waals surface area contributed by atoms with Crippen molar-refractivity contribution in [1.29, 1.82) is 0 Å². The second-order valence-corrected chi connectivity index (χ2v) is 8.65. The third kappa shape index (κ3) is 4.24. The third-order valence-corrected chi connectivity index (χ3v) is 6.68. The summed E-state index contributed by atoms with van der Waals surface area (Å²) in [6.07, 6.45) is 4.10. The molecule has 29 heavy (non-hydrogen) atoms. The molecule has 2 saturated carbocycles. The van der Waals surface area contributed by atoms with Crippen LogP contribution in [0.15, 0.2) is 35.7 Å². The number of aromatic nitrogens is 1. The Morgan fingerprint density at radius 3 is 2.52 bits per heavy atom. The van der Waals surface area contributed by atoms with Crippen LogP contribution in [0, 0.1) is 17.8 Å². The van der Waals surface area contributed by atoms with Crippen LogP contribution in [0.4, 0.5) is 10.8 Å². The van der Waals surface area contributed by atoms with Crippen LogP contribution in [0.1, 0.15) is 44.7 Å². The van der Waals surface area contributed by atoms with Gasteiger partial charge in [0.2, 0.25) is 5.91 Å². The van der Waals surface area contributed by atoms with Crippen molar-refractivity contribution in [3.05, 3.63) is 41.4 Å². The molecule has 2 aliphatic carbocycles. The average molecular weight is 413 g/mol. The number of amides is 1. The van der Waals surface area contributed by atoms with E-state index in [2.05, 4.69) is 4.98 Å². The van der Waals surface area contributed by atoms with Crippen LogP contribution in [0.2, 0.25) is 0 Å². The van der Waals surface area contributed by atoms with Gasteiger partial charge in [-0.2, -0.15) is 0 Å². The second-order valence-electron chi connectivity index (χ2n) is 7.81. The van der Waals surface area contributed by atoms with Gasteiger partial charge < -0.3 is 4.74 Å². The van der Waals surface area contributed by atoms with Crippen molar-refractivity contribution in [3.8, 4) is 0 Å². The van der Waals surface area contributed by atoms with Crippen LogP contribution in [0.5, 0.6) is 0 Å². The number of thiazole rings is 1. The smallest absolute Gasteiger partial charge is 0.309 e. The maximum absolute atomic E-state index is 12.6. The number of nitrogens with zero attached hydrogens (tertiary/aromatic N) is 2. The van der Waals surface area contributed by atoms with Gasteiger partial charge in [0.15, 0.2) is 5.13 Å². The summed E-state index contributed by atoms with van der Waals surface area (Å²) in [5, 5.41) is 2.35. The number of rotatable bonds is 5. The molecular weight excluding hydrogens is 388 g/mol. The number of fused-ring (bicyclic) bond motifs is 2. The summed E-state index contributed by atoms with van der Waals surface area (Å²) in [4.78, 5) is 42.9. The number of ketones is 1. The number of carbonyl (C=O) groups is 3. The maximum atomic E-state index is 12.6. The molecule has 0 saturated heterocycles. The van der Waals surface area contributed by atoms with Gasteiger partial charge in [-0.1, -0.05) is 24.6 Å². The summed E-state index contributed by atoms with van der Waals surface area (Å²) < 4.78 is 5.52. The molecule has 1 aromatic heterocycles. The lowest BCUT2D eigenvalue weighted by Gasteiger charge is -2.36. The predicted molar refractivity (Wildman–Crippen MR) is 110 cm³/mol. The molecule has 1 heterocycles. The van der Waals surface area contributed by atoms with E-state index in [1.165, 1.54) is 18.3 Å². The summed E-state index contributed by atoms with van der Waals surface area (Å²) in [6, 6.07) is 9.33. The Kier molecular flexibility index (Phi) is 5.76. The SMILES string of the molecule is CC(=O)N(c1ccccc1)c1nc(COC(=O)C2C[C@H]3CCC[C@@H](C2)C3=O)cs1. The number of anilines is 2. The summed E-state index contributed by atoms with van der Waals surface area (Å²) in [5.74, 6) is -0.168. The number of hydrogen-bond acceptors (Lipinski definition) is 6. The molecule has 2 bridgehead atoms. The van der Waals surface area contributed by atoms with Gasteiger partial charge in [0.25, 0.3) is 0 Å². The van der Waals surface area contributed by atoms with Crippen LogP contribution < -0.4 is 4.90 Å². The Morgan fingerprint density at radius 2 is 1.86 bits per heavy atom. The van der Waals surface area contributed by atoms with Gasteiger partial charge in [-0.05, 0) is 37.8 Å². The molecule has 2 aromatic rings. The minimum atomic E-state index is -0.240. The van der Waals surface area contributed by atoms with Gasteiger partial charge in [-0.3, -0.25) is 19.3 Å². The second kappa shape index (κ2) is 8.45. The highest BCUT2D eigenvalue weighted by atomic mass is 32.1. The standard InChI is InChI=1S/C22H24N2O4S/c1-14(25)24(19-8-3-2-4-9-19)22-23-18(13-29-22)12-28-21(27)17-10-15-6-5-7-16(11-17)20(15)26/h2-4,8-9,13,15-17H,5-7,10-12H2,1H3/t15-,16+,17?. The lowest BCUT2D eigenvalue weighted by atomic mass is 9.67. The maximum Gasteiger partial charge on any atom is 0.309 e. The monoisotopic (exact) mass is 412 g/mol.